The third-order valence-electron chi connectivity index (χ3n) is 6.63. The third-order valence-corrected chi connectivity index (χ3v) is 6.63. The van der Waals surface area contributed by atoms with Crippen molar-refractivity contribution in [2.75, 3.05) is 31.6 Å². The molecule has 0 radical (unpaired) electrons. The Labute approximate surface area is 192 Å². The van der Waals surface area contributed by atoms with Crippen LogP contribution in [0.1, 0.15) is 29.5 Å². The number of ether oxygens (including phenoxy) is 1. The van der Waals surface area contributed by atoms with Crippen molar-refractivity contribution in [1.29, 1.82) is 0 Å². The lowest BCUT2D eigenvalue weighted by atomic mass is 10.0. The van der Waals surface area contributed by atoms with Crippen LogP contribution in [-0.2, 0) is 4.79 Å². The molecule has 0 unspecified atom stereocenters. The minimum Gasteiger partial charge on any atom is -0.492 e. The molecule has 6 heteroatoms. The lowest BCUT2D eigenvalue weighted by Gasteiger charge is -2.22. The van der Waals surface area contributed by atoms with Crippen molar-refractivity contribution in [3.63, 3.8) is 0 Å². The number of halogens is 1. The number of carbonyl (C=O) groups excluding carboxylic acids is 1. The molecule has 1 fully saturated rings. The number of fused-ring (bicyclic) bond motifs is 2. The van der Waals surface area contributed by atoms with Gasteiger partial charge in [0.15, 0.2) is 0 Å². The molecule has 5 nitrogen and oxygen atoms in total. The molecule has 1 saturated heterocycles. The van der Waals surface area contributed by atoms with Crippen LogP contribution in [0.15, 0.2) is 48.5 Å². The summed E-state index contributed by atoms with van der Waals surface area (Å²) in [5.41, 5.74) is 5.58. The number of hydrogen-bond donors (Lipinski definition) is 2. The van der Waals surface area contributed by atoms with Crippen molar-refractivity contribution in [3.05, 3.63) is 71.0 Å². The van der Waals surface area contributed by atoms with Gasteiger partial charge in [0.2, 0.25) is 0 Å². The SMILES string of the molecule is Cc1cc(/C=C2\C(=O)Nc3ccc(F)cc32)c2ccccc(OCCN3CCC[C@H]3CO)c1-2. The van der Waals surface area contributed by atoms with Crippen molar-refractivity contribution in [3.8, 4) is 16.9 Å². The Morgan fingerprint density at radius 2 is 2.06 bits per heavy atom. The first kappa shape index (κ1) is 21.6. The van der Waals surface area contributed by atoms with E-state index < -0.39 is 0 Å². The van der Waals surface area contributed by atoms with Crippen molar-refractivity contribution in [1.82, 2.24) is 4.90 Å². The molecular weight excluding hydrogens is 419 g/mol. The Morgan fingerprint density at radius 1 is 1.21 bits per heavy atom. The predicted molar refractivity (Wildman–Crippen MR) is 128 cm³/mol. The summed E-state index contributed by atoms with van der Waals surface area (Å²) >= 11 is 0. The lowest BCUT2D eigenvalue weighted by Crippen LogP contribution is -2.35. The van der Waals surface area contributed by atoms with Crippen LogP contribution in [0.3, 0.4) is 0 Å². The zero-order chi connectivity index (χ0) is 22.9. The van der Waals surface area contributed by atoms with E-state index in [2.05, 4.69) is 10.2 Å². The average molecular weight is 447 g/mol. The summed E-state index contributed by atoms with van der Waals surface area (Å²) in [6, 6.07) is 14.5. The van der Waals surface area contributed by atoms with Crippen LogP contribution in [0.5, 0.6) is 5.75 Å². The van der Waals surface area contributed by atoms with Gasteiger partial charge in [-0.3, -0.25) is 9.69 Å². The Morgan fingerprint density at radius 3 is 2.91 bits per heavy atom. The van der Waals surface area contributed by atoms with Gasteiger partial charge in [-0.1, -0.05) is 24.3 Å². The van der Waals surface area contributed by atoms with Crippen LogP contribution in [0, 0.1) is 12.7 Å². The van der Waals surface area contributed by atoms with E-state index in [0.717, 1.165) is 53.9 Å². The van der Waals surface area contributed by atoms with Crippen LogP contribution >= 0.6 is 0 Å². The topological polar surface area (TPSA) is 61.8 Å². The number of aryl methyl sites for hydroxylation is 1. The van der Waals surface area contributed by atoms with Gasteiger partial charge in [0, 0.05) is 35.0 Å². The monoisotopic (exact) mass is 446 g/mol. The van der Waals surface area contributed by atoms with Crippen LogP contribution in [-0.4, -0.2) is 48.3 Å². The van der Waals surface area contributed by atoms with Crippen molar-refractivity contribution in [2.24, 2.45) is 0 Å². The van der Waals surface area contributed by atoms with Gasteiger partial charge in [0.05, 0.1) is 6.61 Å². The summed E-state index contributed by atoms with van der Waals surface area (Å²) < 4.78 is 20.1. The van der Waals surface area contributed by atoms with Gasteiger partial charge in [0.25, 0.3) is 5.91 Å². The highest BCUT2D eigenvalue weighted by atomic mass is 19.1. The van der Waals surface area contributed by atoms with E-state index in [9.17, 15) is 14.3 Å². The summed E-state index contributed by atoms with van der Waals surface area (Å²) in [5, 5.41) is 12.4. The number of nitrogens with zero attached hydrogens (tertiary/aromatic N) is 1. The molecule has 170 valence electrons. The van der Waals surface area contributed by atoms with Gasteiger partial charge in [-0.25, -0.2) is 4.39 Å². The quantitative estimate of drug-likeness (QED) is 0.545. The molecule has 1 aromatic rings. The van der Waals surface area contributed by atoms with E-state index in [1.165, 1.54) is 12.1 Å². The van der Waals surface area contributed by atoms with E-state index in [-0.39, 0.29) is 24.4 Å². The van der Waals surface area contributed by atoms with Crippen molar-refractivity contribution < 1.29 is 19.0 Å². The molecule has 1 atom stereocenters. The Balaban J connectivity index is 1.43. The normalized spacial score (nSPS) is 19.3. The second kappa shape index (κ2) is 8.96. The maximum absolute atomic E-state index is 13.8. The zero-order valence-corrected chi connectivity index (χ0v) is 18.6. The van der Waals surface area contributed by atoms with Gasteiger partial charge >= 0.3 is 0 Å². The van der Waals surface area contributed by atoms with Crippen LogP contribution < -0.4 is 10.1 Å². The molecule has 0 saturated carbocycles. The Hall–Kier alpha value is -3.22. The highest BCUT2D eigenvalue weighted by molar-refractivity contribution is 6.35. The number of nitrogens with one attached hydrogen (secondary N) is 1. The number of anilines is 1. The largest absolute Gasteiger partial charge is 0.492 e. The molecular formula is C27H27FN2O3. The highest BCUT2D eigenvalue weighted by Crippen LogP contribution is 2.41. The number of rotatable bonds is 6. The number of amides is 1. The van der Waals surface area contributed by atoms with Crippen molar-refractivity contribution in [2.45, 2.75) is 25.8 Å². The van der Waals surface area contributed by atoms with Gasteiger partial charge < -0.3 is 15.2 Å². The minimum atomic E-state index is -0.372. The summed E-state index contributed by atoms with van der Waals surface area (Å²) in [4.78, 5) is 14.9. The van der Waals surface area contributed by atoms with E-state index in [1.54, 1.807) is 6.07 Å². The molecule has 4 aliphatic rings. The number of carbonyl (C=O) groups is 1. The van der Waals surface area contributed by atoms with Crippen LogP contribution in [0.25, 0.3) is 22.8 Å². The van der Waals surface area contributed by atoms with E-state index in [1.807, 2.05) is 43.3 Å². The third kappa shape index (κ3) is 4.12. The van der Waals surface area contributed by atoms with Crippen molar-refractivity contribution >= 4 is 23.2 Å². The molecule has 2 aliphatic heterocycles. The molecule has 33 heavy (non-hydrogen) atoms. The molecule has 2 heterocycles. The second-order valence-electron chi connectivity index (χ2n) is 8.72. The number of aliphatic hydroxyl groups is 1. The number of likely N-dealkylation sites (tertiary alicyclic amines) is 1. The van der Waals surface area contributed by atoms with Gasteiger partial charge in [-0.15, -0.1) is 0 Å². The minimum absolute atomic E-state index is 0.186. The molecule has 5 rings (SSSR count). The number of benzene rings is 1. The molecule has 0 spiro atoms. The Bertz CT molecular complexity index is 1210. The van der Waals surface area contributed by atoms with E-state index >= 15 is 0 Å². The first-order valence-corrected chi connectivity index (χ1v) is 11.4. The summed E-state index contributed by atoms with van der Waals surface area (Å²) in [6.07, 6.45) is 3.97. The maximum Gasteiger partial charge on any atom is 0.256 e. The molecule has 0 bridgehead atoms. The summed E-state index contributed by atoms with van der Waals surface area (Å²) in [6.45, 7) is 4.51. The fraction of sp³-hybridized carbons (Fsp3) is 0.296. The molecule has 1 aromatic carbocycles. The lowest BCUT2D eigenvalue weighted by molar-refractivity contribution is -0.110. The average Bonchev–Trinajstić information content (AvgIpc) is 3.41. The molecule has 0 aromatic heterocycles. The molecule has 2 N–H and O–H groups in total. The second-order valence-corrected chi connectivity index (χ2v) is 8.72. The van der Waals surface area contributed by atoms with Crippen LogP contribution in [0.2, 0.25) is 0 Å². The van der Waals surface area contributed by atoms with E-state index in [0.29, 0.717) is 23.4 Å². The van der Waals surface area contributed by atoms with Gasteiger partial charge in [0.1, 0.15) is 18.2 Å². The smallest absolute Gasteiger partial charge is 0.256 e. The van der Waals surface area contributed by atoms with Gasteiger partial charge in [-0.05, 0) is 73.3 Å². The number of hydrogen-bond acceptors (Lipinski definition) is 4. The van der Waals surface area contributed by atoms with Crippen LogP contribution in [0.4, 0.5) is 10.1 Å². The highest BCUT2D eigenvalue weighted by Gasteiger charge is 2.26. The first-order chi connectivity index (χ1) is 16.0. The van der Waals surface area contributed by atoms with Gasteiger partial charge in [-0.2, -0.15) is 0 Å². The fourth-order valence-corrected chi connectivity index (χ4v) is 4.99. The molecule has 1 amide bonds. The predicted octanol–water partition coefficient (Wildman–Crippen LogP) is 4.57. The summed E-state index contributed by atoms with van der Waals surface area (Å²) in [7, 11) is 0. The van der Waals surface area contributed by atoms with E-state index in [4.69, 9.17) is 4.74 Å². The molecule has 2 aliphatic carbocycles. The zero-order valence-electron chi connectivity index (χ0n) is 18.6. The summed E-state index contributed by atoms with van der Waals surface area (Å²) in [5.74, 6) is 0.186. The fourth-order valence-electron chi connectivity index (χ4n) is 4.99. The number of aliphatic hydroxyl groups excluding tert-OH is 1. The standard InChI is InChI=1S/C27H27FN2O3/c1-17-13-18(14-23-22-15-19(28)8-9-24(22)29-27(23)32)21-6-2-3-7-25(26(17)21)33-12-11-30-10-4-5-20(30)16-31/h2-3,6-9,13-15,20,31H,4-5,10-12,16H2,1H3,(H,29,32)/b23-14-/t20-/m0/s1. The Kier molecular flexibility index (Phi) is 5.87. The maximum atomic E-state index is 13.8. The first-order valence-electron chi connectivity index (χ1n) is 11.4.